The van der Waals surface area contributed by atoms with Crippen molar-refractivity contribution in [1.29, 1.82) is 0 Å². The summed E-state index contributed by atoms with van der Waals surface area (Å²) in [5, 5.41) is 21.7. The predicted molar refractivity (Wildman–Crippen MR) is 186 cm³/mol. The summed E-state index contributed by atoms with van der Waals surface area (Å²) in [6.45, 7) is 16.5. The van der Waals surface area contributed by atoms with Crippen molar-refractivity contribution in [2.24, 2.45) is 56.7 Å². The highest BCUT2D eigenvalue weighted by molar-refractivity contribution is 5.87. The van der Waals surface area contributed by atoms with Crippen molar-refractivity contribution in [1.82, 2.24) is 0 Å². The third-order valence-corrected chi connectivity index (χ3v) is 15.3. The monoisotopic (exact) mass is 662 g/mol. The molecule has 0 heterocycles. The molecule has 7 nitrogen and oxygen atoms in total. The van der Waals surface area contributed by atoms with Gasteiger partial charge in [0.2, 0.25) is 0 Å². The molecule has 5 aliphatic rings. The van der Waals surface area contributed by atoms with Gasteiger partial charge in [-0.25, -0.2) is 4.79 Å². The summed E-state index contributed by atoms with van der Waals surface area (Å²) in [6, 6.07) is 4.89. The van der Waals surface area contributed by atoms with Gasteiger partial charge in [-0.3, -0.25) is 4.79 Å². The Morgan fingerprint density at radius 2 is 1.69 bits per heavy atom. The van der Waals surface area contributed by atoms with Crippen molar-refractivity contribution >= 4 is 18.0 Å². The maximum atomic E-state index is 13.6. The standard InChI is InChI=1S/C41H58O7/c1-24-16-19-41(36(45)47-9)21-20-39(6)27(34(41)25(24)2)12-14-32-38(5)23-29(43)35(37(3,4)31(38)17-18-40(32,39)7)48-33(44)15-11-26-10-13-28(42)30(22-26)46-8/h10-13,15,22,24-25,29,31-32,34-35,42-43H,14,16-21,23H2,1-9H3/t24-,25+,29-,31+,32-,34+,35-,38+,39-,40-,41+/m1/s1. The molecule has 6 rings (SSSR count). The number of carbonyl (C=O) groups excluding carboxylic acids is 2. The number of allylic oxidation sites excluding steroid dienone is 2. The molecule has 4 fully saturated rings. The fourth-order valence-corrected chi connectivity index (χ4v) is 12.5. The van der Waals surface area contributed by atoms with Crippen LogP contribution in [0.2, 0.25) is 0 Å². The van der Waals surface area contributed by atoms with Gasteiger partial charge in [0, 0.05) is 11.5 Å². The molecule has 11 atom stereocenters. The number of hydrogen-bond acceptors (Lipinski definition) is 7. The number of phenolic OH excluding ortho intramolecular Hbond substituents is 1. The molecule has 0 spiro atoms. The first-order valence-corrected chi connectivity index (χ1v) is 18.2. The molecule has 4 saturated carbocycles. The van der Waals surface area contributed by atoms with Gasteiger partial charge in [-0.2, -0.15) is 0 Å². The first-order valence-electron chi connectivity index (χ1n) is 18.2. The van der Waals surface area contributed by atoms with E-state index in [1.165, 1.54) is 24.8 Å². The van der Waals surface area contributed by atoms with Gasteiger partial charge in [-0.1, -0.05) is 66.2 Å². The summed E-state index contributed by atoms with van der Waals surface area (Å²) in [6.07, 6.45) is 11.6. The number of benzene rings is 1. The Labute approximate surface area is 287 Å². The van der Waals surface area contributed by atoms with E-state index in [4.69, 9.17) is 14.2 Å². The molecule has 1 aromatic carbocycles. The number of phenols is 1. The van der Waals surface area contributed by atoms with Gasteiger partial charge in [-0.15, -0.1) is 0 Å². The van der Waals surface area contributed by atoms with Crippen LogP contribution in [-0.4, -0.2) is 48.6 Å². The summed E-state index contributed by atoms with van der Waals surface area (Å²) in [7, 11) is 3.04. The SMILES string of the molecule is COC(=O)[C@]12CC[C@@H](C)[C@H](C)[C@H]1C1=CC[C@@H]3[C@@]4(C)C[C@@H](O)[C@@H](OC(=O)C=Cc5ccc(O)c(OC)c5)C(C)(C)[C@@H]4CC[C@@]3(C)[C@]1(C)CC2. The summed E-state index contributed by atoms with van der Waals surface area (Å²) >= 11 is 0. The van der Waals surface area contributed by atoms with Crippen LogP contribution in [0, 0.1) is 56.7 Å². The zero-order chi connectivity index (χ0) is 35.0. The van der Waals surface area contributed by atoms with Gasteiger partial charge in [0.15, 0.2) is 11.5 Å². The van der Waals surface area contributed by atoms with Crippen LogP contribution < -0.4 is 4.74 Å². The molecule has 264 valence electrons. The highest BCUT2D eigenvalue weighted by Gasteiger charge is 2.70. The third-order valence-electron chi connectivity index (χ3n) is 15.3. The second kappa shape index (κ2) is 11.9. The van der Waals surface area contributed by atoms with Gasteiger partial charge in [0.25, 0.3) is 0 Å². The van der Waals surface area contributed by atoms with E-state index in [2.05, 4.69) is 54.5 Å². The normalized spacial score (nSPS) is 43.1. The van der Waals surface area contributed by atoms with Crippen molar-refractivity contribution in [2.75, 3.05) is 14.2 Å². The zero-order valence-corrected chi connectivity index (χ0v) is 30.6. The Hall–Kier alpha value is -2.80. The van der Waals surface area contributed by atoms with Gasteiger partial charge < -0.3 is 24.4 Å². The van der Waals surface area contributed by atoms with Gasteiger partial charge >= 0.3 is 11.9 Å². The van der Waals surface area contributed by atoms with Gasteiger partial charge in [0.1, 0.15) is 6.10 Å². The van der Waals surface area contributed by atoms with E-state index in [1.54, 1.807) is 25.3 Å². The number of fused-ring (bicyclic) bond motifs is 7. The molecule has 0 saturated heterocycles. The number of esters is 2. The lowest BCUT2D eigenvalue weighted by Crippen LogP contribution is -2.67. The number of methoxy groups -OCH3 is 2. The fourth-order valence-electron chi connectivity index (χ4n) is 12.5. The Balaban J connectivity index is 1.28. The summed E-state index contributed by atoms with van der Waals surface area (Å²) in [5.74, 6) is 1.63. The fraction of sp³-hybridized carbons (Fsp3) is 0.707. The number of aliphatic hydroxyl groups is 1. The van der Waals surface area contributed by atoms with Crippen LogP contribution in [0.15, 0.2) is 35.9 Å². The minimum atomic E-state index is -0.787. The number of aromatic hydroxyl groups is 1. The van der Waals surface area contributed by atoms with Crippen molar-refractivity contribution in [3.8, 4) is 11.5 Å². The average molecular weight is 663 g/mol. The minimum absolute atomic E-state index is 0.0121. The Morgan fingerprint density at radius 1 is 0.958 bits per heavy atom. The van der Waals surface area contributed by atoms with Crippen LogP contribution in [0.25, 0.3) is 6.08 Å². The Bertz CT molecular complexity index is 1510. The number of hydrogen-bond donors (Lipinski definition) is 2. The van der Waals surface area contributed by atoms with Crippen LogP contribution in [0.4, 0.5) is 0 Å². The summed E-state index contributed by atoms with van der Waals surface area (Å²) < 4.78 is 16.8. The number of rotatable bonds is 5. The zero-order valence-electron chi connectivity index (χ0n) is 30.6. The van der Waals surface area contributed by atoms with Crippen molar-refractivity contribution in [2.45, 2.75) is 112 Å². The maximum absolute atomic E-state index is 13.6. The molecule has 2 N–H and O–H groups in total. The van der Waals surface area contributed by atoms with Gasteiger partial charge in [-0.05, 0) is 121 Å². The molecule has 0 radical (unpaired) electrons. The lowest BCUT2D eigenvalue weighted by Gasteiger charge is -2.71. The number of aliphatic hydroxyl groups excluding tert-OH is 1. The molecule has 0 unspecified atom stereocenters. The molecule has 0 amide bonds. The lowest BCUT2D eigenvalue weighted by molar-refractivity contribution is -0.238. The molecule has 48 heavy (non-hydrogen) atoms. The van der Waals surface area contributed by atoms with Crippen molar-refractivity contribution < 1.29 is 34.0 Å². The summed E-state index contributed by atoms with van der Waals surface area (Å²) in [5.41, 5.74) is 1.15. The second-order valence-corrected chi connectivity index (χ2v) is 17.5. The smallest absolute Gasteiger partial charge is 0.331 e. The molecular weight excluding hydrogens is 604 g/mol. The van der Waals surface area contributed by atoms with E-state index in [-0.39, 0.29) is 39.8 Å². The van der Waals surface area contributed by atoms with E-state index in [9.17, 15) is 19.8 Å². The molecule has 1 aromatic rings. The van der Waals surface area contributed by atoms with E-state index < -0.39 is 29.0 Å². The topological polar surface area (TPSA) is 102 Å². The van der Waals surface area contributed by atoms with Crippen molar-refractivity contribution in [3.05, 3.63) is 41.5 Å². The highest BCUT2D eigenvalue weighted by Crippen LogP contribution is 2.76. The van der Waals surface area contributed by atoms with E-state index in [0.717, 1.165) is 44.9 Å². The van der Waals surface area contributed by atoms with Gasteiger partial charge in [0.05, 0.1) is 25.7 Å². The molecular formula is C41H58O7. The molecule has 0 aliphatic heterocycles. The maximum Gasteiger partial charge on any atom is 0.331 e. The van der Waals surface area contributed by atoms with Crippen LogP contribution >= 0.6 is 0 Å². The quantitative estimate of drug-likeness (QED) is 0.187. The largest absolute Gasteiger partial charge is 0.504 e. The minimum Gasteiger partial charge on any atom is -0.504 e. The third kappa shape index (κ3) is 4.91. The predicted octanol–water partition coefficient (Wildman–Crippen LogP) is 8.13. The molecule has 0 aromatic heterocycles. The number of carbonyl (C=O) groups is 2. The molecule has 5 aliphatic carbocycles. The number of ether oxygens (including phenoxy) is 3. The second-order valence-electron chi connectivity index (χ2n) is 17.5. The first kappa shape index (κ1) is 35.0. The van der Waals surface area contributed by atoms with Crippen LogP contribution in [0.3, 0.4) is 0 Å². The van der Waals surface area contributed by atoms with E-state index in [0.29, 0.717) is 35.5 Å². The van der Waals surface area contributed by atoms with Crippen LogP contribution in [-0.2, 0) is 19.1 Å². The van der Waals surface area contributed by atoms with Crippen molar-refractivity contribution in [3.63, 3.8) is 0 Å². The average Bonchev–Trinajstić information content (AvgIpc) is 3.04. The van der Waals surface area contributed by atoms with E-state index in [1.807, 2.05) is 0 Å². The Kier molecular flexibility index (Phi) is 8.70. The summed E-state index contributed by atoms with van der Waals surface area (Å²) in [4.78, 5) is 26.8. The van der Waals surface area contributed by atoms with E-state index >= 15 is 0 Å². The molecule has 7 heteroatoms. The van der Waals surface area contributed by atoms with Crippen LogP contribution in [0.1, 0.15) is 105 Å². The lowest BCUT2D eigenvalue weighted by atomic mass is 9.33. The molecule has 0 bridgehead atoms. The highest BCUT2D eigenvalue weighted by atomic mass is 16.6. The Morgan fingerprint density at radius 3 is 2.38 bits per heavy atom. The first-order chi connectivity index (χ1) is 22.5. The van der Waals surface area contributed by atoms with Crippen LogP contribution in [0.5, 0.6) is 11.5 Å².